The van der Waals surface area contributed by atoms with E-state index < -0.39 is 6.04 Å². The van der Waals surface area contributed by atoms with Gasteiger partial charge in [-0.1, -0.05) is 87.5 Å². The van der Waals surface area contributed by atoms with Gasteiger partial charge in [0.2, 0.25) is 11.8 Å². The van der Waals surface area contributed by atoms with Crippen molar-refractivity contribution < 1.29 is 14.3 Å². The van der Waals surface area contributed by atoms with E-state index in [0.29, 0.717) is 32.4 Å². The van der Waals surface area contributed by atoms with E-state index in [4.69, 9.17) is 4.74 Å². The van der Waals surface area contributed by atoms with Gasteiger partial charge in [-0.05, 0) is 53.1 Å². The molecule has 0 aromatic heterocycles. The fourth-order valence-corrected chi connectivity index (χ4v) is 4.38. The van der Waals surface area contributed by atoms with Crippen molar-refractivity contribution in [3.8, 4) is 5.75 Å². The third-order valence-corrected chi connectivity index (χ3v) is 6.56. The van der Waals surface area contributed by atoms with Crippen molar-refractivity contribution in [1.82, 2.24) is 10.2 Å². The zero-order chi connectivity index (χ0) is 26.8. The minimum atomic E-state index is -0.621. The van der Waals surface area contributed by atoms with Gasteiger partial charge in [0.25, 0.3) is 0 Å². The molecule has 3 aromatic carbocycles. The second-order valence-corrected chi connectivity index (χ2v) is 10.4. The molecule has 5 heteroatoms. The van der Waals surface area contributed by atoms with Crippen LogP contribution in [0.3, 0.4) is 0 Å². The number of nitrogens with zero attached hydrogens (tertiary/aromatic N) is 1. The normalized spacial score (nSPS) is 12.0. The number of hydrogen-bond acceptors (Lipinski definition) is 3. The molecule has 0 aliphatic carbocycles. The number of carbonyl (C=O) groups is 2. The lowest BCUT2D eigenvalue weighted by Crippen LogP contribution is -2.50. The average molecular weight is 501 g/mol. The van der Waals surface area contributed by atoms with E-state index in [9.17, 15) is 9.59 Å². The van der Waals surface area contributed by atoms with Gasteiger partial charge >= 0.3 is 0 Å². The Morgan fingerprint density at radius 2 is 1.57 bits per heavy atom. The smallest absolute Gasteiger partial charge is 0.243 e. The van der Waals surface area contributed by atoms with E-state index in [1.807, 2.05) is 61.5 Å². The van der Waals surface area contributed by atoms with E-state index in [0.717, 1.165) is 22.4 Å². The van der Waals surface area contributed by atoms with Crippen molar-refractivity contribution in [2.75, 3.05) is 13.7 Å². The van der Waals surface area contributed by atoms with Crippen molar-refractivity contribution in [3.63, 3.8) is 0 Å². The molecule has 0 saturated heterocycles. The highest BCUT2D eigenvalue weighted by Gasteiger charge is 2.30. The van der Waals surface area contributed by atoms with Gasteiger partial charge in [0.15, 0.2) is 0 Å². The third kappa shape index (κ3) is 8.21. The summed E-state index contributed by atoms with van der Waals surface area (Å²) in [5.41, 5.74) is 4.39. The standard InChI is InChI=1S/C32H40N2O3/c1-6-33-31(36)29(22-25-11-8-7-9-12-25)34(23-26-13-10-14-28(21-26)37-5)30(35)20-17-24-15-18-27(19-16-24)32(2,3)4/h7-16,18-19,21,29H,6,17,20,22-23H2,1-5H3,(H,33,36)/t29-/m0/s1. The summed E-state index contributed by atoms with van der Waals surface area (Å²) in [6.07, 6.45) is 1.39. The lowest BCUT2D eigenvalue weighted by atomic mass is 9.86. The largest absolute Gasteiger partial charge is 0.497 e. The number of benzene rings is 3. The molecular weight excluding hydrogens is 460 g/mol. The number of carbonyl (C=O) groups excluding carboxylic acids is 2. The van der Waals surface area contributed by atoms with E-state index in [2.05, 4.69) is 50.4 Å². The van der Waals surface area contributed by atoms with Crippen LogP contribution in [0.15, 0.2) is 78.9 Å². The zero-order valence-corrected chi connectivity index (χ0v) is 22.8. The first-order valence-electron chi connectivity index (χ1n) is 13.0. The molecular formula is C32H40N2O3. The summed E-state index contributed by atoms with van der Waals surface area (Å²) < 4.78 is 5.40. The van der Waals surface area contributed by atoms with Crippen LogP contribution >= 0.6 is 0 Å². The fraction of sp³-hybridized carbons (Fsp3) is 0.375. The van der Waals surface area contributed by atoms with Gasteiger partial charge in [-0.15, -0.1) is 0 Å². The molecule has 3 rings (SSSR count). The molecule has 37 heavy (non-hydrogen) atoms. The summed E-state index contributed by atoms with van der Waals surface area (Å²) in [4.78, 5) is 28.8. The minimum Gasteiger partial charge on any atom is -0.497 e. The Hall–Kier alpha value is -3.60. The summed E-state index contributed by atoms with van der Waals surface area (Å²) in [7, 11) is 1.62. The second-order valence-electron chi connectivity index (χ2n) is 10.4. The number of ether oxygens (including phenoxy) is 1. The SMILES string of the molecule is CCNC(=O)[C@H](Cc1ccccc1)N(Cc1cccc(OC)c1)C(=O)CCc1ccc(C(C)(C)C)cc1. The van der Waals surface area contributed by atoms with Gasteiger partial charge < -0.3 is 15.0 Å². The fourth-order valence-electron chi connectivity index (χ4n) is 4.38. The number of nitrogens with one attached hydrogen (secondary N) is 1. The highest BCUT2D eigenvalue weighted by atomic mass is 16.5. The predicted molar refractivity (Wildman–Crippen MR) is 150 cm³/mol. The maximum atomic E-state index is 13.8. The topological polar surface area (TPSA) is 58.6 Å². The summed E-state index contributed by atoms with van der Waals surface area (Å²) >= 11 is 0. The minimum absolute atomic E-state index is 0.0464. The molecule has 0 fully saturated rings. The maximum Gasteiger partial charge on any atom is 0.243 e. The Balaban J connectivity index is 1.87. The highest BCUT2D eigenvalue weighted by molar-refractivity contribution is 5.88. The lowest BCUT2D eigenvalue weighted by molar-refractivity contribution is -0.141. The third-order valence-electron chi connectivity index (χ3n) is 6.56. The number of aryl methyl sites for hydroxylation is 1. The van der Waals surface area contributed by atoms with Gasteiger partial charge in [0.05, 0.1) is 7.11 Å². The van der Waals surface area contributed by atoms with Crippen molar-refractivity contribution in [2.45, 2.75) is 65.0 Å². The molecule has 0 spiro atoms. The lowest BCUT2D eigenvalue weighted by Gasteiger charge is -2.31. The van der Waals surface area contributed by atoms with Crippen molar-refractivity contribution in [1.29, 1.82) is 0 Å². The molecule has 0 bridgehead atoms. The summed E-state index contributed by atoms with van der Waals surface area (Å²) in [6, 6.07) is 25.4. The molecule has 5 nitrogen and oxygen atoms in total. The van der Waals surface area contributed by atoms with Gasteiger partial charge in [-0.2, -0.15) is 0 Å². The van der Waals surface area contributed by atoms with Gasteiger partial charge in [0.1, 0.15) is 11.8 Å². The molecule has 1 N–H and O–H groups in total. The Morgan fingerprint density at radius 3 is 2.19 bits per heavy atom. The van der Waals surface area contributed by atoms with Crippen LogP contribution in [0.5, 0.6) is 5.75 Å². The molecule has 0 saturated carbocycles. The summed E-state index contributed by atoms with van der Waals surface area (Å²) in [5.74, 6) is 0.536. The van der Waals surface area contributed by atoms with E-state index >= 15 is 0 Å². The maximum absolute atomic E-state index is 13.8. The Labute approximate surface area is 221 Å². The van der Waals surface area contributed by atoms with E-state index in [1.165, 1.54) is 5.56 Å². The number of rotatable bonds is 11. The molecule has 0 aliphatic heterocycles. The first-order valence-corrected chi connectivity index (χ1v) is 13.0. The molecule has 0 aliphatic rings. The van der Waals surface area contributed by atoms with Crippen LogP contribution in [0.25, 0.3) is 0 Å². The molecule has 0 unspecified atom stereocenters. The molecule has 3 aromatic rings. The van der Waals surface area contributed by atoms with Crippen LogP contribution in [0.2, 0.25) is 0 Å². The summed E-state index contributed by atoms with van der Waals surface area (Å²) in [6.45, 7) is 9.30. The van der Waals surface area contributed by atoms with Gasteiger partial charge in [-0.3, -0.25) is 9.59 Å². The Morgan fingerprint density at radius 1 is 0.892 bits per heavy atom. The van der Waals surface area contributed by atoms with Crippen molar-refractivity contribution >= 4 is 11.8 Å². The van der Waals surface area contributed by atoms with Crippen molar-refractivity contribution in [3.05, 3.63) is 101 Å². The number of amides is 2. The van der Waals surface area contributed by atoms with Crippen LogP contribution < -0.4 is 10.1 Å². The first kappa shape index (κ1) is 28.0. The van der Waals surface area contributed by atoms with Crippen LogP contribution in [0.1, 0.15) is 56.4 Å². The molecule has 1 atom stereocenters. The van der Waals surface area contributed by atoms with Crippen molar-refractivity contribution in [2.24, 2.45) is 0 Å². The van der Waals surface area contributed by atoms with Crippen LogP contribution in [0, 0.1) is 0 Å². The van der Waals surface area contributed by atoms with Gasteiger partial charge in [0, 0.05) is 25.9 Å². The van der Waals surface area contributed by atoms with Gasteiger partial charge in [-0.25, -0.2) is 0 Å². The second kappa shape index (κ2) is 13.1. The molecule has 0 radical (unpaired) electrons. The first-order chi connectivity index (χ1) is 17.7. The molecule has 0 heterocycles. The number of likely N-dealkylation sites (N-methyl/N-ethyl adjacent to an activating group) is 1. The quantitative estimate of drug-likeness (QED) is 0.367. The van der Waals surface area contributed by atoms with Crippen LogP contribution in [0.4, 0.5) is 0 Å². The number of hydrogen-bond donors (Lipinski definition) is 1. The highest BCUT2D eigenvalue weighted by Crippen LogP contribution is 2.23. The van der Waals surface area contributed by atoms with E-state index in [-0.39, 0.29) is 17.2 Å². The number of methoxy groups -OCH3 is 1. The Bertz CT molecular complexity index is 1150. The monoisotopic (exact) mass is 500 g/mol. The van der Waals surface area contributed by atoms with Crippen LogP contribution in [-0.2, 0) is 34.4 Å². The average Bonchev–Trinajstić information content (AvgIpc) is 2.90. The molecule has 2 amide bonds. The Kier molecular flexibility index (Phi) is 9.90. The summed E-state index contributed by atoms with van der Waals surface area (Å²) in [5, 5.41) is 2.95. The van der Waals surface area contributed by atoms with Crippen LogP contribution in [-0.4, -0.2) is 36.4 Å². The predicted octanol–water partition coefficient (Wildman–Crippen LogP) is 5.70. The zero-order valence-electron chi connectivity index (χ0n) is 22.8. The molecule has 196 valence electrons. The van der Waals surface area contributed by atoms with E-state index in [1.54, 1.807) is 12.0 Å².